The Bertz CT molecular complexity index is 1530. The fourth-order valence-corrected chi connectivity index (χ4v) is 4.46. The Morgan fingerprint density at radius 3 is 2.38 bits per heavy atom. The first-order chi connectivity index (χ1) is 19.0. The predicted octanol–water partition coefficient (Wildman–Crippen LogP) is 6.01. The van der Waals surface area contributed by atoms with Gasteiger partial charge in [-0.25, -0.2) is 9.80 Å². The summed E-state index contributed by atoms with van der Waals surface area (Å²) in [5.41, 5.74) is 3.90. The summed E-state index contributed by atoms with van der Waals surface area (Å²) in [5, 5.41) is 3.55. The fourth-order valence-electron chi connectivity index (χ4n) is 4.46. The maximum Gasteiger partial charge on any atom is 0.469 e. The van der Waals surface area contributed by atoms with Crippen LogP contribution in [-0.2, 0) is 5.92 Å². The van der Waals surface area contributed by atoms with Crippen molar-refractivity contribution in [2.24, 2.45) is 0 Å². The molecule has 0 saturated carbocycles. The quantitative estimate of drug-likeness (QED) is 0.369. The first-order valence-corrected chi connectivity index (χ1v) is 11.6. The minimum absolute atomic E-state index is 0.0294. The molecule has 0 saturated heterocycles. The Kier molecular flexibility index (Phi) is 5.85. The maximum absolute atomic E-state index is 14.1. The van der Waals surface area contributed by atoms with Crippen LogP contribution in [0.2, 0.25) is 0 Å². The van der Waals surface area contributed by atoms with E-state index >= 15 is 0 Å². The number of hydrazine groups is 1. The maximum atomic E-state index is 14.1. The summed E-state index contributed by atoms with van der Waals surface area (Å²) in [7, 11) is 0. The largest absolute Gasteiger partial charge is 0.469 e. The third-order valence-electron chi connectivity index (χ3n) is 6.37. The van der Waals surface area contributed by atoms with Gasteiger partial charge in [0.15, 0.2) is 11.5 Å². The standard InChI is InChI=1S/C26H17F6N3O5/c27-23(28)39-16-5-1-13(2-6-16)22-17(14-3-7-20-21(9-14)38-12-37-20)11-35(34-22)24(36)33-15-4-8-19-18(10-15)25(29,30)26(31,32)40-19/h1-10,23,34H,11-12H2,(H,33,36). The highest BCUT2D eigenvalue weighted by molar-refractivity contribution is 5.99. The first kappa shape index (κ1) is 25.5. The van der Waals surface area contributed by atoms with Crippen molar-refractivity contribution in [3.05, 3.63) is 77.4 Å². The van der Waals surface area contributed by atoms with Crippen LogP contribution >= 0.6 is 0 Å². The number of alkyl halides is 6. The molecule has 3 aliphatic heterocycles. The van der Waals surface area contributed by atoms with Gasteiger partial charge < -0.3 is 24.3 Å². The second-order valence-corrected chi connectivity index (χ2v) is 8.86. The zero-order valence-electron chi connectivity index (χ0n) is 20.0. The molecule has 0 bridgehead atoms. The number of fused-ring (bicyclic) bond motifs is 2. The van der Waals surface area contributed by atoms with E-state index in [0.29, 0.717) is 33.9 Å². The van der Waals surface area contributed by atoms with Gasteiger partial charge in [0.05, 0.1) is 17.8 Å². The van der Waals surface area contributed by atoms with Crippen molar-refractivity contribution < 1.29 is 50.1 Å². The SMILES string of the molecule is O=C(Nc1ccc2c(c1)C(F)(F)C(F)(F)O2)N1CC(c2ccc3c(c2)OCO3)=C(c2ccc(OC(F)F)cc2)N1. The molecule has 2 amide bonds. The summed E-state index contributed by atoms with van der Waals surface area (Å²) >= 11 is 0. The number of benzene rings is 3. The van der Waals surface area contributed by atoms with Crippen molar-refractivity contribution >= 4 is 23.0 Å². The van der Waals surface area contributed by atoms with Gasteiger partial charge >= 0.3 is 24.7 Å². The molecule has 3 aromatic carbocycles. The van der Waals surface area contributed by atoms with Gasteiger partial charge in [0.1, 0.15) is 11.5 Å². The summed E-state index contributed by atoms with van der Waals surface area (Å²) in [6.45, 7) is -2.99. The molecule has 6 rings (SSSR count). The minimum Gasteiger partial charge on any atom is -0.454 e. The fraction of sp³-hybridized carbons (Fsp3) is 0.192. The van der Waals surface area contributed by atoms with Gasteiger partial charge in [0.2, 0.25) is 6.79 Å². The molecule has 0 fully saturated rings. The summed E-state index contributed by atoms with van der Waals surface area (Å²) in [4.78, 5) is 13.1. The lowest BCUT2D eigenvalue weighted by molar-refractivity contribution is -0.296. The lowest BCUT2D eigenvalue weighted by atomic mass is 10.00. The number of ether oxygens (including phenoxy) is 4. The van der Waals surface area contributed by atoms with Crippen molar-refractivity contribution in [3.63, 3.8) is 0 Å². The van der Waals surface area contributed by atoms with Gasteiger partial charge in [-0.1, -0.05) is 6.07 Å². The third kappa shape index (κ3) is 4.34. The molecular formula is C26H17F6N3O5. The average Bonchev–Trinajstić information content (AvgIpc) is 3.60. The number of nitrogens with zero attached hydrogens (tertiary/aromatic N) is 1. The van der Waals surface area contributed by atoms with Crippen LogP contribution in [0.3, 0.4) is 0 Å². The van der Waals surface area contributed by atoms with Crippen molar-refractivity contribution in [3.8, 4) is 23.0 Å². The number of carbonyl (C=O) groups excluding carboxylic acids is 1. The van der Waals surface area contributed by atoms with Crippen LogP contribution in [0.4, 0.5) is 36.8 Å². The number of rotatable bonds is 5. The Balaban J connectivity index is 1.27. The molecule has 0 radical (unpaired) electrons. The van der Waals surface area contributed by atoms with E-state index in [9.17, 15) is 31.1 Å². The van der Waals surface area contributed by atoms with E-state index in [-0.39, 0.29) is 24.8 Å². The first-order valence-electron chi connectivity index (χ1n) is 11.6. The number of anilines is 1. The van der Waals surface area contributed by atoms with Crippen molar-refractivity contribution in [1.82, 2.24) is 10.4 Å². The zero-order chi connectivity index (χ0) is 28.2. The Morgan fingerprint density at radius 1 is 0.925 bits per heavy atom. The average molecular weight is 565 g/mol. The van der Waals surface area contributed by atoms with Gasteiger partial charge in [0, 0.05) is 16.8 Å². The van der Waals surface area contributed by atoms with Crippen LogP contribution in [0.5, 0.6) is 23.0 Å². The highest BCUT2D eigenvalue weighted by atomic mass is 19.3. The van der Waals surface area contributed by atoms with E-state index in [4.69, 9.17) is 9.47 Å². The molecule has 8 nitrogen and oxygen atoms in total. The van der Waals surface area contributed by atoms with Crippen LogP contribution < -0.4 is 29.7 Å². The molecule has 0 atom stereocenters. The smallest absolute Gasteiger partial charge is 0.454 e. The summed E-state index contributed by atoms with van der Waals surface area (Å²) in [5.74, 6) is -4.34. The van der Waals surface area contributed by atoms with Gasteiger partial charge in [-0.05, 0) is 60.2 Å². The molecule has 2 N–H and O–H groups in total. The lowest BCUT2D eigenvalue weighted by Crippen LogP contribution is -2.40. The topological polar surface area (TPSA) is 81.3 Å². The minimum atomic E-state index is -4.72. The monoisotopic (exact) mass is 565 g/mol. The van der Waals surface area contributed by atoms with Crippen molar-refractivity contribution in [2.45, 2.75) is 18.6 Å². The Hall–Kier alpha value is -4.75. The number of urea groups is 1. The van der Waals surface area contributed by atoms with Crippen molar-refractivity contribution in [2.75, 3.05) is 18.7 Å². The molecule has 0 unspecified atom stereocenters. The predicted molar refractivity (Wildman–Crippen MR) is 127 cm³/mol. The van der Waals surface area contributed by atoms with E-state index in [1.165, 1.54) is 24.3 Å². The van der Waals surface area contributed by atoms with Gasteiger partial charge in [-0.2, -0.15) is 26.3 Å². The Labute approximate surface area is 221 Å². The van der Waals surface area contributed by atoms with Crippen LogP contribution in [0.25, 0.3) is 11.3 Å². The molecule has 14 heteroatoms. The van der Waals surface area contributed by atoms with E-state index in [2.05, 4.69) is 20.2 Å². The van der Waals surface area contributed by atoms with Gasteiger partial charge in [0.25, 0.3) is 0 Å². The van der Waals surface area contributed by atoms with Crippen LogP contribution in [0.1, 0.15) is 16.7 Å². The second kappa shape index (κ2) is 9.17. The van der Waals surface area contributed by atoms with Gasteiger partial charge in [-0.15, -0.1) is 0 Å². The summed E-state index contributed by atoms with van der Waals surface area (Å²) in [6, 6.07) is 12.8. The molecule has 0 aromatic heterocycles. The molecular weight excluding hydrogens is 548 g/mol. The normalized spacial score (nSPS) is 17.9. The molecule has 3 aromatic rings. The van der Waals surface area contributed by atoms with Crippen LogP contribution in [0, 0.1) is 0 Å². The number of hydrogen-bond donors (Lipinski definition) is 2. The number of nitrogens with one attached hydrogen (secondary N) is 2. The number of halogens is 6. The highest BCUT2D eigenvalue weighted by Gasteiger charge is 2.66. The third-order valence-corrected chi connectivity index (χ3v) is 6.37. The van der Waals surface area contributed by atoms with E-state index < -0.39 is 36.0 Å². The molecule has 0 spiro atoms. The number of amides is 2. The molecule has 40 heavy (non-hydrogen) atoms. The summed E-state index contributed by atoms with van der Waals surface area (Å²) < 4.78 is 99.8. The Morgan fingerprint density at radius 2 is 1.62 bits per heavy atom. The van der Waals surface area contributed by atoms with Crippen LogP contribution in [0.15, 0.2) is 60.7 Å². The van der Waals surface area contributed by atoms with E-state index in [0.717, 1.165) is 23.2 Å². The van der Waals surface area contributed by atoms with Crippen molar-refractivity contribution in [1.29, 1.82) is 0 Å². The van der Waals surface area contributed by atoms with E-state index in [1.54, 1.807) is 18.2 Å². The lowest BCUT2D eigenvalue weighted by Gasteiger charge is -2.19. The highest BCUT2D eigenvalue weighted by Crippen LogP contribution is 2.53. The zero-order valence-corrected chi connectivity index (χ0v) is 20.0. The molecule has 3 aliphatic rings. The van der Waals surface area contributed by atoms with E-state index in [1.807, 2.05) is 0 Å². The summed E-state index contributed by atoms with van der Waals surface area (Å²) in [6.07, 6.45) is -4.72. The molecule has 0 aliphatic carbocycles. The second-order valence-electron chi connectivity index (χ2n) is 8.86. The van der Waals surface area contributed by atoms with Crippen LogP contribution in [-0.4, -0.2) is 37.1 Å². The molecule has 208 valence electrons. The number of carbonyl (C=O) groups is 1. The van der Waals surface area contributed by atoms with Gasteiger partial charge in [-0.3, -0.25) is 5.43 Å². The number of hydrogen-bond acceptors (Lipinski definition) is 6. The molecule has 3 heterocycles.